The molecule has 200 valence electrons. The summed E-state index contributed by atoms with van der Waals surface area (Å²) in [5.41, 5.74) is -0.675. The van der Waals surface area contributed by atoms with E-state index in [1.54, 1.807) is 41.5 Å². The average molecular weight is 506 g/mol. The first kappa shape index (κ1) is 29.2. The van der Waals surface area contributed by atoms with Gasteiger partial charge in [-0.2, -0.15) is 0 Å². The molecular weight excluding hydrogens is 466 g/mol. The van der Waals surface area contributed by atoms with Gasteiger partial charge in [0.2, 0.25) is 11.8 Å². The molecule has 36 heavy (non-hydrogen) atoms. The summed E-state index contributed by atoms with van der Waals surface area (Å²) in [7, 11) is 0. The van der Waals surface area contributed by atoms with Crippen LogP contribution in [0, 0.1) is 17.3 Å². The molecular formula is C25H39N5O6. The van der Waals surface area contributed by atoms with Gasteiger partial charge < -0.3 is 25.4 Å². The number of nitrogens with one attached hydrogen (secondary N) is 2. The lowest BCUT2D eigenvalue weighted by molar-refractivity contribution is -0.156. The molecule has 2 rings (SSSR count). The number of likely N-dealkylation sites (tertiary alicyclic amines) is 1. The van der Waals surface area contributed by atoms with Crippen LogP contribution in [0.4, 0.5) is 0 Å². The largest absolute Gasteiger partial charge is 0.464 e. The minimum atomic E-state index is -1.03. The maximum Gasteiger partial charge on any atom is 0.329 e. The fourth-order valence-electron chi connectivity index (χ4n) is 4.05. The van der Waals surface area contributed by atoms with E-state index in [4.69, 9.17) is 4.74 Å². The number of carbonyl (C=O) groups excluding carboxylic acids is 4. The molecule has 1 aromatic heterocycles. The zero-order valence-corrected chi connectivity index (χ0v) is 22.1. The monoisotopic (exact) mass is 505 g/mol. The van der Waals surface area contributed by atoms with E-state index in [2.05, 4.69) is 20.6 Å². The summed E-state index contributed by atoms with van der Waals surface area (Å²) in [6.07, 6.45) is 3.83. The zero-order chi connectivity index (χ0) is 27.2. The second-order valence-electron chi connectivity index (χ2n) is 10.6. The molecule has 1 aromatic rings. The fourth-order valence-corrected chi connectivity index (χ4v) is 4.05. The SMILES string of the molecule is CCCOC(=O)C1[C@@H](C)[C@@H](O)CN1C(=O)C(NC(=O)C(NC(=O)c1cnccn1)C(C)C)C(C)(C)C. The van der Waals surface area contributed by atoms with Crippen molar-refractivity contribution >= 4 is 23.7 Å². The van der Waals surface area contributed by atoms with Crippen molar-refractivity contribution in [3.63, 3.8) is 0 Å². The maximum absolute atomic E-state index is 13.7. The average Bonchev–Trinajstić information content (AvgIpc) is 3.12. The van der Waals surface area contributed by atoms with Crippen LogP contribution in [0.15, 0.2) is 18.6 Å². The summed E-state index contributed by atoms with van der Waals surface area (Å²) in [5, 5.41) is 15.9. The third kappa shape index (κ3) is 6.99. The number of hydrogen-bond donors (Lipinski definition) is 3. The van der Waals surface area contributed by atoms with Crippen LogP contribution in [0.5, 0.6) is 0 Å². The number of ether oxygens (including phenoxy) is 1. The van der Waals surface area contributed by atoms with Crippen molar-refractivity contribution in [1.82, 2.24) is 25.5 Å². The number of rotatable bonds is 9. The summed E-state index contributed by atoms with van der Waals surface area (Å²) >= 11 is 0. The van der Waals surface area contributed by atoms with Crippen LogP contribution in [0.1, 0.15) is 65.4 Å². The molecule has 0 radical (unpaired) electrons. The molecule has 3 amide bonds. The fraction of sp³-hybridized carbons (Fsp3) is 0.680. The van der Waals surface area contributed by atoms with Gasteiger partial charge in [0.15, 0.2) is 0 Å². The van der Waals surface area contributed by atoms with Gasteiger partial charge in [-0.3, -0.25) is 19.4 Å². The maximum atomic E-state index is 13.7. The lowest BCUT2D eigenvalue weighted by Gasteiger charge is -2.36. The molecule has 3 N–H and O–H groups in total. The minimum Gasteiger partial charge on any atom is -0.464 e. The smallest absolute Gasteiger partial charge is 0.329 e. The van der Waals surface area contributed by atoms with Crippen molar-refractivity contribution in [3.05, 3.63) is 24.3 Å². The van der Waals surface area contributed by atoms with Crippen molar-refractivity contribution in [2.45, 2.75) is 79.1 Å². The van der Waals surface area contributed by atoms with Gasteiger partial charge in [0.05, 0.1) is 18.9 Å². The number of carbonyl (C=O) groups is 4. The lowest BCUT2D eigenvalue weighted by Crippen LogP contribution is -2.61. The second-order valence-corrected chi connectivity index (χ2v) is 10.6. The van der Waals surface area contributed by atoms with E-state index in [0.29, 0.717) is 6.42 Å². The third-order valence-electron chi connectivity index (χ3n) is 6.23. The van der Waals surface area contributed by atoms with Crippen LogP contribution >= 0.6 is 0 Å². The van der Waals surface area contributed by atoms with Gasteiger partial charge in [0, 0.05) is 24.9 Å². The molecule has 5 atom stereocenters. The van der Waals surface area contributed by atoms with Gasteiger partial charge in [-0.1, -0.05) is 48.5 Å². The highest BCUT2D eigenvalue weighted by molar-refractivity contribution is 5.97. The first-order valence-corrected chi connectivity index (χ1v) is 12.3. The Morgan fingerprint density at radius 1 is 1.19 bits per heavy atom. The molecule has 3 unspecified atom stereocenters. The lowest BCUT2D eigenvalue weighted by atomic mass is 9.85. The van der Waals surface area contributed by atoms with Gasteiger partial charge in [-0.15, -0.1) is 0 Å². The molecule has 0 bridgehead atoms. The number of hydrogen-bond acceptors (Lipinski definition) is 8. The minimum absolute atomic E-state index is 0.0502. The van der Waals surface area contributed by atoms with E-state index in [-0.39, 0.29) is 24.8 Å². The molecule has 0 spiro atoms. The van der Waals surface area contributed by atoms with Crippen molar-refractivity contribution in [3.8, 4) is 0 Å². The van der Waals surface area contributed by atoms with Crippen molar-refractivity contribution in [2.24, 2.45) is 17.3 Å². The number of esters is 1. The molecule has 11 heteroatoms. The Morgan fingerprint density at radius 2 is 1.86 bits per heavy atom. The van der Waals surface area contributed by atoms with Crippen LogP contribution in [0.2, 0.25) is 0 Å². The van der Waals surface area contributed by atoms with E-state index in [9.17, 15) is 24.3 Å². The number of nitrogens with zero attached hydrogens (tertiary/aromatic N) is 3. The number of aliphatic hydroxyl groups excluding tert-OH is 1. The standard InChI is InChI=1S/C25H39N5O6/c1-8-11-36-24(35)19-15(4)17(31)13-30(19)23(34)20(25(5,6)7)29-22(33)18(14(2)3)28-21(32)16-12-26-9-10-27-16/h9-10,12,14-15,17-20,31H,8,11,13H2,1-7H3,(H,28,32)(H,29,33)/t15-,17-,18?,19?,20?/m0/s1. The first-order chi connectivity index (χ1) is 16.8. The molecule has 0 aliphatic carbocycles. The summed E-state index contributed by atoms with van der Waals surface area (Å²) in [6.45, 7) is 12.6. The molecule has 2 heterocycles. The summed E-state index contributed by atoms with van der Waals surface area (Å²) in [6, 6.07) is -2.94. The van der Waals surface area contributed by atoms with Crippen molar-refractivity contribution < 1.29 is 29.0 Å². The Kier molecular flexibility index (Phi) is 9.92. The molecule has 11 nitrogen and oxygen atoms in total. The molecule has 1 saturated heterocycles. The van der Waals surface area contributed by atoms with Gasteiger partial charge in [-0.05, 0) is 17.8 Å². The number of β-amino-alcohol motifs (C(OH)–C–C–N with tert-alkyl or cyclic N) is 1. The zero-order valence-electron chi connectivity index (χ0n) is 22.1. The Labute approximate surface area is 212 Å². The summed E-state index contributed by atoms with van der Waals surface area (Å²) < 4.78 is 5.29. The van der Waals surface area contributed by atoms with Gasteiger partial charge >= 0.3 is 5.97 Å². The summed E-state index contributed by atoms with van der Waals surface area (Å²) in [5.74, 6) is -3.01. The van der Waals surface area contributed by atoms with Crippen LogP contribution in [-0.2, 0) is 19.1 Å². The molecule has 0 aromatic carbocycles. The van der Waals surface area contributed by atoms with Crippen LogP contribution in [0.25, 0.3) is 0 Å². The Morgan fingerprint density at radius 3 is 2.39 bits per heavy atom. The molecule has 1 fully saturated rings. The van der Waals surface area contributed by atoms with Gasteiger partial charge in [-0.25, -0.2) is 9.78 Å². The van der Waals surface area contributed by atoms with Crippen molar-refractivity contribution in [2.75, 3.05) is 13.2 Å². The van der Waals surface area contributed by atoms with Gasteiger partial charge in [0.25, 0.3) is 5.91 Å². The third-order valence-corrected chi connectivity index (χ3v) is 6.23. The van der Waals surface area contributed by atoms with E-state index < -0.39 is 59.3 Å². The highest BCUT2D eigenvalue weighted by Crippen LogP contribution is 2.30. The topological polar surface area (TPSA) is 151 Å². The predicted molar refractivity (Wildman–Crippen MR) is 131 cm³/mol. The Bertz CT molecular complexity index is 933. The van der Waals surface area contributed by atoms with E-state index >= 15 is 0 Å². The van der Waals surface area contributed by atoms with Crippen LogP contribution in [0.3, 0.4) is 0 Å². The number of aromatic nitrogens is 2. The van der Waals surface area contributed by atoms with Crippen LogP contribution in [-0.4, -0.2) is 81.0 Å². The highest BCUT2D eigenvalue weighted by atomic mass is 16.5. The molecule has 1 aliphatic rings. The quantitative estimate of drug-likeness (QED) is 0.419. The Balaban J connectivity index is 2.27. The van der Waals surface area contributed by atoms with Crippen molar-refractivity contribution in [1.29, 1.82) is 0 Å². The number of amides is 3. The number of aliphatic hydroxyl groups is 1. The highest BCUT2D eigenvalue weighted by Gasteiger charge is 2.49. The van der Waals surface area contributed by atoms with E-state index in [1.807, 2.05) is 6.92 Å². The first-order valence-electron chi connectivity index (χ1n) is 12.3. The molecule has 1 aliphatic heterocycles. The second kappa shape index (κ2) is 12.2. The normalized spacial score (nSPS) is 21.6. The van der Waals surface area contributed by atoms with Gasteiger partial charge in [0.1, 0.15) is 23.8 Å². The Hall–Kier alpha value is -3.08. The van der Waals surface area contributed by atoms with E-state index in [0.717, 1.165) is 0 Å². The summed E-state index contributed by atoms with van der Waals surface area (Å²) in [4.78, 5) is 61.6. The van der Waals surface area contributed by atoms with E-state index in [1.165, 1.54) is 23.5 Å². The predicted octanol–water partition coefficient (Wildman–Crippen LogP) is 0.923. The van der Waals surface area contributed by atoms with Crippen LogP contribution < -0.4 is 10.6 Å². The molecule has 0 saturated carbocycles.